The summed E-state index contributed by atoms with van der Waals surface area (Å²) < 4.78 is 18.5. The van der Waals surface area contributed by atoms with Gasteiger partial charge in [0.1, 0.15) is 18.2 Å². The molecule has 1 aromatic heterocycles. The summed E-state index contributed by atoms with van der Waals surface area (Å²) in [6, 6.07) is 13.0. The van der Waals surface area contributed by atoms with E-state index < -0.39 is 0 Å². The summed E-state index contributed by atoms with van der Waals surface area (Å²) >= 11 is 7.31. The molecule has 0 saturated heterocycles. The van der Waals surface area contributed by atoms with E-state index in [2.05, 4.69) is 5.32 Å². The number of thiophene rings is 1. The number of benzene rings is 2. The average Bonchev–Trinajstić information content (AvgIpc) is 3.07. The Hall–Kier alpha value is -2.37. The number of ether oxygens (including phenoxy) is 1. The van der Waals surface area contributed by atoms with Crippen molar-refractivity contribution in [2.45, 2.75) is 13.5 Å². The fourth-order valence-electron chi connectivity index (χ4n) is 2.18. The van der Waals surface area contributed by atoms with Crippen LogP contribution in [0.15, 0.2) is 53.9 Å². The molecule has 25 heavy (non-hydrogen) atoms. The number of amides is 1. The number of halogens is 2. The third-order valence-electron chi connectivity index (χ3n) is 3.54. The van der Waals surface area contributed by atoms with Crippen molar-refractivity contribution >= 4 is 34.5 Å². The molecule has 0 aliphatic heterocycles. The molecule has 128 valence electrons. The summed E-state index contributed by atoms with van der Waals surface area (Å²) in [7, 11) is 0. The van der Waals surface area contributed by atoms with Crippen LogP contribution < -0.4 is 10.1 Å². The van der Waals surface area contributed by atoms with Crippen LogP contribution in [-0.2, 0) is 6.61 Å². The zero-order valence-corrected chi connectivity index (χ0v) is 15.0. The Balaban J connectivity index is 1.63. The summed E-state index contributed by atoms with van der Waals surface area (Å²) in [4.78, 5) is 13.0. The van der Waals surface area contributed by atoms with Gasteiger partial charge in [-0.05, 0) is 60.3 Å². The van der Waals surface area contributed by atoms with E-state index >= 15 is 0 Å². The molecule has 0 saturated carbocycles. The van der Waals surface area contributed by atoms with E-state index in [0.717, 1.165) is 11.1 Å². The van der Waals surface area contributed by atoms with Crippen molar-refractivity contribution in [2.75, 3.05) is 5.32 Å². The molecule has 0 radical (unpaired) electrons. The molecule has 0 unspecified atom stereocenters. The lowest BCUT2D eigenvalue weighted by molar-refractivity contribution is 0.103. The minimum atomic E-state index is -0.307. The second-order valence-electron chi connectivity index (χ2n) is 5.48. The Labute approximate surface area is 154 Å². The van der Waals surface area contributed by atoms with Crippen molar-refractivity contribution in [3.8, 4) is 5.75 Å². The summed E-state index contributed by atoms with van der Waals surface area (Å²) in [6.07, 6.45) is 0. The van der Waals surface area contributed by atoms with Crippen LogP contribution in [0.1, 0.15) is 20.8 Å². The Kier molecular flexibility index (Phi) is 5.36. The highest BCUT2D eigenvalue weighted by atomic mass is 35.5. The van der Waals surface area contributed by atoms with Crippen LogP contribution in [0.3, 0.4) is 0 Å². The molecule has 0 atom stereocenters. The Morgan fingerprint density at radius 3 is 2.72 bits per heavy atom. The summed E-state index contributed by atoms with van der Waals surface area (Å²) in [5, 5.41) is 5.30. The van der Waals surface area contributed by atoms with Crippen molar-refractivity contribution in [2.24, 2.45) is 0 Å². The van der Waals surface area contributed by atoms with Crippen molar-refractivity contribution < 1.29 is 13.9 Å². The molecular weight excluding hydrogens is 361 g/mol. The highest BCUT2D eigenvalue weighted by molar-refractivity contribution is 7.12. The molecule has 1 heterocycles. The smallest absolute Gasteiger partial charge is 0.265 e. The van der Waals surface area contributed by atoms with Gasteiger partial charge in [-0.2, -0.15) is 0 Å². The number of nitrogens with one attached hydrogen (secondary N) is 1. The molecule has 0 fully saturated rings. The topological polar surface area (TPSA) is 38.3 Å². The Morgan fingerprint density at radius 1 is 1.20 bits per heavy atom. The molecule has 0 spiro atoms. The number of carbonyl (C=O) groups excluding carboxylic acids is 1. The first-order valence-corrected chi connectivity index (χ1v) is 8.80. The fraction of sp³-hybridized carbons (Fsp3) is 0.105. The third kappa shape index (κ3) is 4.59. The second-order valence-corrected chi connectivity index (χ2v) is 6.82. The van der Waals surface area contributed by atoms with Crippen molar-refractivity contribution in [3.05, 3.63) is 80.8 Å². The lowest BCUT2D eigenvalue weighted by Crippen LogP contribution is -2.11. The molecule has 3 nitrogen and oxygen atoms in total. The van der Waals surface area contributed by atoms with Gasteiger partial charge in [-0.1, -0.05) is 17.7 Å². The number of anilines is 1. The molecular formula is C19H15ClFNO2S. The largest absolute Gasteiger partial charge is 0.489 e. The van der Waals surface area contributed by atoms with Gasteiger partial charge in [0.15, 0.2) is 0 Å². The van der Waals surface area contributed by atoms with Crippen LogP contribution in [-0.4, -0.2) is 5.91 Å². The first-order valence-electron chi connectivity index (χ1n) is 7.54. The molecule has 0 aliphatic carbocycles. The number of hydrogen-bond donors (Lipinski definition) is 1. The van der Waals surface area contributed by atoms with Crippen molar-refractivity contribution in [1.29, 1.82) is 0 Å². The van der Waals surface area contributed by atoms with E-state index in [4.69, 9.17) is 16.3 Å². The highest BCUT2D eigenvalue weighted by Crippen LogP contribution is 2.23. The van der Waals surface area contributed by atoms with Gasteiger partial charge < -0.3 is 10.1 Å². The van der Waals surface area contributed by atoms with Gasteiger partial charge in [0, 0.05) is 16.3 Å². The minimum absolute atomic E-state index is 0.191. The van der Waals surface area contributed by atoms with Gasteiger partial charge in [0.2, 0.25) is 0 Å². The van der Waals surface area contributed by atoms with Gasteiger partial charge in [0.25, 0.3) is 5.91 Å². The zero-order chi connectivity index (χ0) is 17.8. The van der Waals surface area contributed by atoms with E-state index in [-0.39, 0.29) is 11.7 Å². The number of hydrogen-bond acceptors (Lipinski definition) is 3. The van der Waals surface area contributed by atoms with Gasteiger partial charge in [0.05, 0.1) is 4.88 Å². The van der Waals surface area contributed by atoms with Gasteiger partial charge in [-0.15, -0.1) is 11.3 Å². The SMILES string of the molecule is Cc1ccc(Cl)cc1NC(=O)c1cc(COc2ccc(F)cc2)cs1. The molecule has 0 aliphatic rings. The van der Waals surface area contributed by atoms with Crippen LogP contribution in [0.25, 0.3) is 0 Å². The minimum Gasteiger partial charge on any atom is -0.489 e. The van der Waals surface area contributed by atoms with E-state index in [0.29, 0.717) is 27.9 Å². The Bertz CT molecular complexity index is 893. The normalized spacial score (nSPS) is 10.5. The first kappa shape index (κ1) is 17.5. The lowest BCUT2D eigenvalue weighted by atomic mass is 10.2. The highest BCUT2D eigenvalue weighted by Gasteiger charge is 2.11. The molecule has 1 N–H and O–H groups in total. The first-order chi connectivity index (χ1) is 12.0. The maximum absolute atomic E-state index is 12.9. The molecule has 3 rings (SSSR count). The van der Waals surface area contributed by atoms with Crippen molar-refractivity contribution in [1.82, 2.24) is 0 Å². The van der Waals surface area contributed by atoms with Gasteiger partial charge in [-0.3, -0.25) is 4.79 Å². The molecule has 0 bridgehead atoms. The summed E-state index contributed by atoms with van der Waals surface area (Å²) in [5.41, 5.74) is 2.51. The molecule has 6 heteroatoms. The zero-order valence-electron chi connectivity index (χ0n) is 13.4. The van der Waals surface area contributed by atoms with E-state index in [1.165, 1.54) is 23.5 Å². The summed E-state index contributed by atoms with van der Waals surface area (Å²) in [6.45, 7) is 2.22. The number of carbonyl (C=O) groups is 1. The third-order valence-corrected chi connectivity index (χ3v) is 4.76. The van der Waals surface area contributed by atoms with Crippen LogP contribution >= 0.6 is 22.9 Å². The maximum Gasteiger partial charge on any atom is 0.265 e. The van der Waals surface area contributed by atoms with Crippen LogP contribution in [0.4, 0.5) is 10.1 Å². The lowest BCUT2D eigenvalue weighted by Gasteiger charge is -2.07. The maximum atomic E-state index is 12.9. The van der Waals surface area contributed by atoms with Crippen LogP contribution in [0.5, 0.6) is 5.75 Å². The van der Waals surface area contributed by atoms with Gasteiger partial charge in [-0.25, -0.2) is 4.39 Å². The predicted molar refractivity (Wildman–Crippen MR) is 99.2 cm³/mol. The standard InChI is InChI=1S/C19H15ClFNO2S/c1-12-2-3-14(20)9-17(12)22-19(23)18-8-13(11-25-18)10-24-16-6-4-15(21)5-7-16/h2-9,11H,10H2,1H3,(H,22,23). The quantitative estimate of drug-likeness (QED) is 0.623. The number of rotatable bonds is 5. The van der Waals surface area contributed by atoms with E-state index in [9.17, 15) is 9.18 Å². The second kappa shape index (κ2) is 7.68. The Morgan fingerprint density at radius 2 is 1.96 bits per heavy atom. The van der Waals surface area contributed by atoms with Gasteiger partial charge >= 0.3 is 0 Å². The predicted octanol–water partition coefficient (Wildman–Crippen LogP) is 5.68. The van der Waals surface area contributed by atoms with E-state index in [1.807, 2.05) is 18.4 Å². The van der Waals surface area contributed by atoms with Crippen molar-refractivity contribution in [3.63, 3.8) is 0 Å². The van der Waals surface area contributed by atoms with E-state index in [1.54, 1.807) is 30.3 Å². The molecule has 3 aromatic rings. The summed E-state index contributed by atoms with van der Waals surface area (Å²) in [5.74, 6) is 0.0784. The van der Waals surface area contributed by atoms with Crippen LogP contribution in [0.2, 0.25) is 5.02 Å². The molecule has 2 aromatic carbocycles. The number of aryl methyl sites for hydroxylation is 1. The molecule has 1 amide bonds. The van der Waals surface area contributed by atoms with Crippen LogP contribution in [0, 0.1) is 12.7 Å². The monoisotopic (exact) mass is 375 g/mol. The average molecular weight is 376 g/mol. The fourth-order valence-corrected chi connectivity index (χ4v) is 3.14.